The van der Waals surface area contributed by atoms with E-state index < -0.39 is 27.6 Å². The summed E-state index contributed by atoms with van der Waals surface area (Å²) in [5, 5.41) is 2.41. The van der Waals surface area contributed by atoms with E-state index in [-0.39, 0.29) is 31.3 Å². The second kappa shape index (κ2) is 8.00. The average Bonchev–Trinajstić information content (AvgIpc) is 2.99. The van der Waals surface area contributed by atoms with Crippen LogP contribution in [0.2, 0.25) is 0 Å². The van der Waals surface area contributed by atoms with Crippen molar-refractivity contribution in [2.75, 3.05) is 31.3 Å². The molecule has 6 nitrogen and oxygen atoms in total. The molecule has 1 unspecified atom stereocenters. The van der Waals surface area contributed by atoms with Gasteiger partial charge in [-0.1, -0.05) is 0 Å². The molecule has 1 aliphatic heterocycles. The van der Waals surface area contributed by atoms with Gasteiger partial charge in [0.05, 0.1) is 12.4 Å². The van der Waals surface area contributed by atoms with Crippen molar-refractivity contribution < 1.29 is 26.7 Å². The predicted molar refractivity (Wildman–Crippen MR) is 85.0 cm³/mol. The second-order valence-electron chi connectivity index (χ2n) is 5.68. The normalized spacial score (nSPS) is 18.1. The standard InChI is InChI=1S/C15H20F2N2O4S/c1-24(21,22)19(10-12-3-2-8-23-12)7-6-15(20)18-11-4-5-13(16)14(17)9-11/h4-5,9,12H,2-3,6-8,10H2,1H3,(H,18,20). The van der Waals surface area contributed by atoms with Crippen LogP contribution in [0.15, 0.2) is 18.2 Å². The van der Waals surface area contributed by atoms with E-state index in [1.165, 1.54) is 10.4 Å². The highest BCUT2D eigenvalue weighted by atomic mass is 32.2. The molecule has 1 aromatic rings. The van der Waals surface area contributed by atoms with Crippen molar-refractivity contribution in [3.8, 4) is 0 Å². The minimum absolute atomic E-state index is 0.00575. The zero-order valence-corrected chi connectivity index (χ0v) is 14.1. The first-order valence-electron chi connectivity index (χ1n) is 7.57. The summed E-state index contributed by atoms with van der Waals surface area (Å²) in [5.74, 6) is -2.56. The van der Waals surface area contributed by atoms with Gasteiger partial charge in [-0.15, -0.1) is 0 Å². The summed E-state index contributed by atoms with van der Waals surface area (Å²) in [5.41, 5.74) is 0.115. The Labute approximate surface area is 139 Å². The van der Waals surface area contributed by atoms with Crippen molar-refractivity contribution >= 4 is 21.6 Å². The van der Waals surface area contributed by atoms with Crippen molar-refractivity contribution in [1.82, 2.24) is 4.31 Å². The molecule has 9 heteroatoms. The van der Waals surface area contributed by atoms with Crippen molar-refractivity contribution in [3.05, 3.63) is 29.8 Å². The number of carbonyl (C=O) groups excluding carboxylic acids is 1. The highest BCUT2D eigenvalue weighted by molar-refractivity contribution is 7.88. The Bertz CT molecular complexity index is 691. The van der Waals surface area contributed by atoms with Gasteiger partial charge in [-0.25, -0.2) is 17.2 Å². The van der Waals surface area contributed by atoms with Gasteiger partial charge < -0.3 is 10.1 Å². The number of nitrogens with zero attached hydrogens (tertiary/aromatic N) is 1. The summed E-state index contributed by atoms with van der Waals surface area (Å²) in [6.07, 6.45) is 2.49. The Balaban J connectivity index is 1.90. The van der Waals surface area contributed by atoms with E-state index in [1.54, 1.807) is 0 Å². The SMILES string of the molecule is CS(=O)(=O)N(CCC(=O)Nc1ccc(F)c(F)c1)CC1CCCO1. The monoisotopic (exact) mass is 362 g/mol. The number of amides is 1. The van der Waals surface area contributed by atoms with Gasteiger partial charge in [0.15, 0.2) is 11.6 Å². The van der Waals surface area contributed by atoms with E-state index in [4.69, 9.17) is 4.74 Å². The molecule has 0 bridgehead atoms. The summed E-state index contributed by atoms with van der Waals surface area (Å²) in [7, 11) is -3.47. The fourth-order valence-electron chi connectivity index (χ4n) is 2.43. The summed E-state index contributed by atoms with van der Waals surface area (Å²) in [6.45, 7) is 0.810. The predicted octanol–water partition coefficient (Wildman–Crippen LogP) is 1.73. The van der Waals surface area contributed by atoms with E-state index in [9.17, 15) is 22.0 Å². The minimum Gasteiger partial charge on any atom is -0.377 e. The smallest absolute Gasteiger partial charge is 0.225 e. The minimum atomic E-state index is -3.47. The Morgan fingerprint density at radius 1 is 1.38 bits per heavy atom. The van der Waals surface area contributed by atoms with Gasteiger partial charge >= 0.3 is 0 Å². The van der Waals surface area contributed by atoms with Gasteiger partial charge in [-0.3, -0.25) is 4.79 Å². The Morgan fingerprint density at radius 2 is 2.12 bits per heavy atom. The van der Waals surface area contributed by atoms with Crippen LogP contribution in [-0.2, 0) is 19.6 Å². The number of ether oxygens (including phenoxy) is 1. The molecular formula is C15H20F2N2O4S. The molecule has 24 heavy (non-hydrogen) atoms. The van der Waals surface area contributed by atoms with Gasteiger partial charge in [0.25, 0.3) is 0 Å². The highest BCUT2D eigenvalue weighted by Gasteiger charge is 2.25. The molecule has 134 valence electrons. The van der Waals surface area contributed by atoms with Crippen LogP contribution >= 0.6 is 0 Å². The Morgan fingerprint density at radius 3 is 2.71 bits per heavy atom. The third-order valence-electron chi connectivity index (χ3n) is 3.69. The zero-order valence-electron chi connectivity index (χ0n) is 13.3. The summed E-state index contributed by atoms with van der Waals surface area (Å²) < 4.78 is 56.2. The number of rotatable bonds is 7. The summed E-state index contributed by atoms with van der Waals surface area (Å²) in [6, 6.07) is 3.01. The zero-order chi connectivity index (χ0) is 17.7. The molecule has 1 atom stereocenters. The van der Waals surface area contributed by atoms with Crippen molar-refractivity contribution in [1.29, 1.82) is 0 Å². The molecule has 1 heterocycles. The van der Waals surface area contributed by atoms with Crippen LogP contribution in [0.4, 0.5) is 14.5 Å². The Kier molecular flexibility index (Phi) is 6.25. The number of nitrogens with one attached hydrogen (secondary N) is 1. The van der Waals surface area contributed by atoms with E-state index >= 15 is 0 Å². The third kappa shape index (κ3) is 5.50. The fraction of sp³-hybridized carbons (Fsp3) is 0.533. The van der Waals surface area contributed by atoms with Crippen LogP contribution < -0.4 is 5.32 Å². The largest absolute Gasteiger partial charge is 0.377 e. The van der Waals surface area contributed by atoms with Crippen LogP contribution in [0.25, 0.3) is 0 Å². The molecule has 1 amide bonds. The fourth-order valence-corrected chi connectivity index (χ4v) is 3.29. The number of hydrogen-bond acceptors (Lipinski definition) is 4. The number of carbonyl (C=O) groups is 1. The number of benzene rings is 1. The van der Waals surface area contributed by atoms with Crippen LogP contribution in [0, 0.1) is 11.6 Å². The highest BCUT2D eigenvalue weighted by Crippen LogP contribution is 2.16. The van der Waals surface area contributed by atoms with Crippen LogP contribution in [0.3, 0.4) is 0 Å². The molecule has 1 saturated heterocycles. The van der Waals surface area contributed by atoms with Gasteiger partial charge in [-0.2, -0.15) is 4.31 Å². The van der Waals surface area contributed by atoms with Crippen molar-refractivity contribution in [2.45, 2.75) is 25.4 Å². The molecule has 0 saturated carbocycles. The first-order valence-corrected chi connectivity index (χ1v) is 9.42. The van der Waals surface area contributed by atoms with E-state index in [1.807, 2.05) is 0 Å². The topological polar surface area (TPSA) is 75.7 Å². The molecule has 1 N–H and O–H groups in total. The maximum absolute atomic E-state index is 13.1. The molecule has 0 aromatic heterocycles. The van der Waals surface area contributed by atoms with Crippen molar-refractivity contribution in [3.63, 3.8) is 0 Å². The van der Waals surface area contributed by atoms with E-state index in [0.29, 0.717) is 6.61 Å². The molecule has 0 radical (unpaired) electrons. The van der Waals surface area contributed by atoms with Crippen LogP contribution in [0.1, 0.15) is 19.3 Å². The Hall–Kier alpha value is -1.58. The summed E-state index contributed by atoms with van der Waals surface area (Å²) in [4.78, 5) is 11.9. The lowest BCUT2D eigenvalue weighted by Crippen LogP contribution is -2.38. The number of halogens is 2. The van der Waals surface area contributed by atoms with Gasteiger partial charge in [0.1, 0.15) is 0 Å². The number of sulfonamides is 1. The number of anilines is 1. The van der Waals surface area contributed by atoms with Gasteiger partial charge in [-0.05, 0) is 25.0 Å². The van der Waals surface area contributed by atoms with Crippen LogP contribution in [0.5, 0.6) is 0 Å². The molecule has 1 fully saturated rings. The first-order chi connectivity index (χ1) is 11.3. The van der Waals surface area contributed by atoms with Gasteiger partial charge in [0, 0.05) is 37.9 Å². The molecule has 1 aliphatic rings. The van der Waals surface area contributed by atoms with Gasteiger partial charge in [0.2, 0.25) is 15.9 Å². The number of hydrogen-bond donors (Lipinski definition) is 1. The van der Waals surface area contributed by atoms with E-state index in [2.05, 4.69) is 5.32 Å². The molecule has 0 spiro atoms. The maximum atomic E-state index is 13.1. The third-order valence-corrected chi connectivity index (χ3v) is 4.96. The lowest BCUT2D eigenvalue weighted by atomic mass is 10.2. The molecular weight excluding hydrogens is 342 g/mol. The average molecular weight is 362 g/mol. The molecule has 1 aromatic carbocycles. The van der Waals surface area contributed by atoms with Crippen LogP contribution in [-0.4, -0.2) is 50.7 Å². The summed E-state index contributed by atoms with van der Waals surface area (Å²) >= 11 is 0. The molecule has 2 rings (SSSR count). The second-order valence-corrected chi connectivity index (χ2v) is 7.67. The lowest BCUT2D eigenvalue weighted by Gasteiger charge is -2.22. The maximum Gasteiger partial charge on any atom is 0.225 e. The quantitative estimate of drug-likeness (QED) is 0.802. The lowest BCUT2D eigenvalue weighted by molar-refractivity contribution is -0.116. The first kappa shape index (κ1) is 18.8. The molecule has 0 aliphatic carbocycles. The van der Waals surface area contributed by atoms with E-state index in [0.717, 1.165) is 31.2 Å². The van der Waals surface area contributed by atoms with Crippen molar-refractivity contribution in [2.24, 2.45) is 0 Å².